The molecule has 0 amide bonds. The zero-order valence-electron chi connectivity index (χ0n) is 4.21. The molecule has 0 aliphatic heterocycles. The van der Waals surface area contributed by atoms with Gasteiger partial charge in [-0.25, -0.2) is 0 Å². The molecule has 1 aliphatic rings. The average molecular weight is 179 g/mol. The summed E-state index contributed by atoms with van der Waals surface area (Å²) in [6.07, 6.45) is 1.09. The minimum Gasteiger partial charge on any atom is -0.389 e. The molecule has 3 heteroatoms. The van der Waals surface area contributed by atoms with Gasteiger partial charge in [-0.15, -0.1) is 0 Å². The van der Waals surface area contributed by atoms with Gasteiger partial charge in [-0.2, -0.15) is 0 Å². The van der Waals surface area contributed by atoms with Gasteiger partial charge in [0.15, 0.2) is 0 Å². The standard InChI is InChI=1S/C5H7BrO2/c6-4-1-3(7)2-5(4)8/h1,3,5,7-8H,2H2/t3-,5+/m1/s1. The molecule has 0 unspecified atom stereocenters. The highest BCUT2D eigenvalue weighted by Gasteiger charge is 2.20. The molecule has 0 saturated carbocycles. The molecule has 0 bridgehead atoms. The quantitative estimate of drug-likeness (QED) is 0.564. The molecule has 2 N–H and O–H groups in total. The molecule has 0 saturated heterocycles. The number of aliphatic hydroxyl groups is 2. The second-order valence-corrected chi connectivity index (χ2v) is 2.79. The second kappa shape index (κ2) is 2.17. The molecule has 0 fully saturated rings. The lowest BCUT2D eigenvalue weighted by atomic mass is 10.3. The van der Waals surface area contributed by atoms with E-state index in [9.17, 15) is 0 Å². The van der Waals surface area contributed by atoms with E-state index in [4.69, 9.17) is 10.2 Å². The minimum atomic E-state index is -0.481. The molecule has 0 heterocycles. The van der Waals surface area contributed by atoms with Gasteiger partial charge in [-0.05, 0) is 6.08 Å². The highest BCUT2D eigenvalue weighted by Crippen LogP contribution is 2.23. The van der Waals surface area contributed by atoms with E-state index in [0.717, 1.165) is 0 Å². The van der Waals surface area contributed by atoms with Crippen LogP contribution in [0, 0.1) is 0 Å². The van der Waals surface area contributed by atoms with E-state index in [-0.39, 0.29) is 0 Å². The van der Waals surface area contributed by atoms with Crippen molar-refractivity contribution < 1.29 is 10.2 Å². The normalized spacial score (nSPS) is 37.6. The van der Waals surface area contributed by atoms with Crippen LogP contribution in [0.25, 0.3) is 0 Å². The van der Waals surface area contributed by atoms with Gasteiger partial charge in [0, 0.05) is 10.9 Å². The van der Waals surface area contributed by atoms with Crippen molar-refractivity contribution in [2.75, 3.05) is 0 Å². The Labute approximate surface area is 56.0 Å². The molecule has 1 rings (SSSR count). The summed E-state index contributed by atoms with van der Waals surface area (Å²) in [4.78, 5) is 0. The predicted molar refractivity (Wildman–Crippen MR) is 33.6 cm³/mol. The Kier molecular flexibility index (Phi) is 1.70. The van der Waals surface area contributed by atoms with Crippen molar-refractivity contribution >= 4 is 15.9 Å². The van der Waals surface area contributed by atoms with Crippen LogP contribution in [-0.4, -0.2) is 22.4 Å². The summed E-state index contributed by atoms with van der Waals surface area (Å²) in [6.45, 7) is 0. The Balaban J connectivity index is 2.59. The molecule has 2 atom stereocenters. The second-order valence-electron chi connectivity index (χ2n) is 1.87. The van der Waals surface area contributed by atoms with Crippen LogP contribution >= 0.6 is 15.9 Å². The lowest BCUT2D eigenvalue weighted by Gasteiger charge is -1.99. The molecule has 46 valence electrons. The van der Waals surface area contributed by atoms with Crippen molar-refractivity contribution in [1.82, 2.24) is 0 Å². The summed E-state index contributed by atoms with van der Waals surface area (Å²) < 4.78 is 0.699. The van der Waals surface area contributed by atoms with Crippen molar-refractivity contribution in [2.45, 2.75) is 18.6 Å². The van der Waals surface area contributed by atoms with Gasteiger partial charge in [0.2, 0.25) is 0 Å². The summed E-state index contributed by atoms with van der Waals surface area (Å²) >= 11 is 3.10. The number of hydrogen-bond donors (Lipinski definition) is 2. The van der Waals surface area contributed by atoms with Gasteiger partial charge < -0.3 is 10.2 Å². The fourth-order valence-electron chi connectivity index (χ4n) is 0.704. The molecule has 0 spiro atoms. The number of rotatable bonds is 0. The third-order valence-corrected chi connectivity index (χ3v) is 1.93. The zero-order valence-corrected chi connectivity index (χ0v) is 5.80. The van der Waals surface area contributed by atoms with Gasteiger partial charge in [0.25, 0.3) is 0 Å². The topological polar surface area (TPSA) is 40.5 Å². The van der Waals surface area contributed by atoms with Crippen LogP contribution < -0.4 is 0 Å². The first-order chi connectivity index (χ1) is 3.70. The van der Waals surface area contributed by atoms with Gasteiger partial charge in [0.1, 0.15) is 0 Å². The molecular formula is C5H7BrO2. The van der Waals surface area contributed by atoms with Crippen LogP contribution in [0.3, 0.4) is 0 Å². The molecule has 2 nitrogen and oxygen atoms in total. The fourth-order valence-corrected chi connectivity index (χ4v) is 1.20. The maximum atomic E-state index is 8.89. The zero-order chi connectivity index (χ0) is 6.15. The van der Waals surface area contributed by atoms with Gasteiger partial charge in [-0.1, -0.05) is 15.9 Å². The van der Waals surface area contributed by atoms with Crippen LogP contribution in [0.1, 0.15) is 6.42 Å². The summed E-state index contributed by atoms with van der Waals surface area (Å²) in [5, 5.41) is 17.7. The fraction of sp³-hybridized carbons (Fsp3) is 0.600. The van der Waals surface area contributed by atoms with Gasteiger partial charge in [0.05, 0.1) is 12.2 Å². The third kappa shape index (κ3) is 1.10. The van der Waals surface area contributed by atoms with E-state index >= 15 is 0 Å². The molecule has 1 aliphatic carbocycles. The molecule has 0 aromatic carbocycles. The predicted octanol–water partition coefficient (Wildman–Crippen LogP) is 0.391. The van der Waals surface area contributed by atoms with E-state index < -0.39 is 12.2 Å². The smallest absolute Gasteiger partial charge is 0.0880 e. The molecule has 0 aromatic rings. The largest absolute Gasteiger partial charge is 0.389 e. The molecule has 0 aromatic heterocycles. The molecular weight excluding hydrogens is 172 g/mol. The Bertz CT molecular complexity index is 122. The maximum Gasteiger partial charge on any atom is 0.0880 e. The molecule has 8 heavy (non-hydrogen) atoms. The van der Waals surface area contributed by atoms with E-state index in [1.807, 2.05) is 0 Å². The Hall–Kier alpha value is 0.140. The summed E-state index contributed by atoms with van der Waals surface area (Å²) in [5.74, 6) is 0. The lowest BCUT2D eigenvalue weighted by molar-refractivity contribution is 0.150. The monoisotopic (exact) mass is 178 g/mol. The molecule has 0 radical (unpaired) electrons. The van der Waals surface area contributed by atoms with Crippen LogP contribution in [0.5, 0.6) is 0 Å². The van der Waals surface area contributed by atoms with Crippen molar-refractivity contribution in [1.29, 1.82) is 0 Å². The van der Waals surface area contributed by atoms with E-state index in [2.05, 4.69) is 15.9 Å². The summed E-state index contributed by atoms with van der Waals surface area (Å²) in [7, 11) is 0. The van der Waals surface area contributed by atoms with Crippen LogP contribution in [0.15, 0.2) is 10.6 Å². The van der Waals surface area contributed by atoms with Crippen LogP contribution in [-0.2, 0) is 0 Å². The highest BCUT2D eigenvalue weighted by atomic mass is 79.9. The van der Waals surface area contributed by atoms with Crippen LogP contribution in [0.4, 0.5) is 0 Å². The number of hydrogen-bond acceptors (Lipinski definition) is 2. The third-order valence-electron chi connectivity index (χ3n) is 1.13. The van der Waals surface area contributed by atoms with E-state index in [1.165, 1.54) is 0 Å². The highest BCUT2D eigenvalue weighted by molar-refractivity contribution is 9.11. The van der Waals surface area contributed by atoms with Crippen molar-refractivity contribution in [3.8, 4) is 0 Å². The van der Waals surface area contributed by atoms with Crippen LogP contribution in [0.2, 0.25) is 0 Å². The SMILES string of the molecule is O[C@@H]1C=C(Br)[C@@H](O)C1. The van der Waals surface area contributed by atoms with Crippen molar-refractivity contribution in [3.63, 3.8) is 0 Å². The van der Waals surface area contributed by atoms with Crippen molar-refractivity contribution in [2.24, 2.45) is 0 Å². The Morgan fingerprint density at radius 2 is 2.25 bits per heavy atom. The minimum absolute atomic E-state index is 0.431. The Morgan fingerprint density at radius 3 is 2.38 bits per heavy atom. The average Bonchev–Trinajstić information content (AvgIpc) is 1.85. The van der Waals surface area contributed by atoms with E-state index in [1.54, 1.807) is 6.08 Å². The summed E-state index contributed by atoms with van der Waals surface area (Å²) in [6, 6.07) is 0. The first-order valence-corrected chi connectivity index (χ1v) is 3.23. The van der Waals surface area contributed by atoms with Crippen molar-refractivity contribution in [3.05, 3.63) is 10.6 Å². The van der Waals surface area contributed by atoms with E-state index in [0.29, 0.717) is 10.9 Å². The first-order valence-electron chi connectivity index (χ1n) is 2.43. The van der Waals surface area contributed by atoms with Gasteiger partial charge >= 0.3 is 0 Å². The number of halogens is 1. The Morgan fingerprint density at radius 1 is 1.62 bits per heavy atom. The first kappa shape index (κ1) is 6.26. The summed E-state index contributed by atoms with van der Waals surface area (Å²) in [5.41, 5.74) is 0. The van der Waals surface area contributed by atoms with Gasteiger partial charge in [-0.3, -0.25) is 0 Å². The maximum absolute atomic E-state index is 8.89. The number of aliphatic hydroxyl groups excluding tert-OH is 2. The lowest BCUT2D eigenvalue weighted by Crippen LogP contribution is -2.05.